The van der Waals surface area contributed by atoms with Crippen LogP contribution in [0.25, 0.3) is 12.2 Å². The molecule has 0 aliphatic heterocycles. The summed E-state index contributed by atoms with van der Waals surface area (Å²) in [6, 6.07) is 20.4. The Kier molecular flexibility index (Phi) is 5.87. The zero-order chi connectivity index (χ0) is 26.9. The van der Waals surface area contributed by atoms with Gasteiger partial charge in [0.25, 0.3) is 0 Å². The van der Waals surface area contributed by atoms with Gasteiger partial charge in [0, 0.05) is 21.8 Å². The number of carbonyl (C=O) groups is 2. The van der Waals surface area contributed by atoms with E-state index in [1.807, 2.05) is 36.4 Å². The van der Waals surface area contributed by atoms with Gasteiger partial charge in [0.05, 0.1) is 0 Å². The first-order valence-corrected chi connectivity index (χ1v) is 13.9. The van der Waals surface area contributed by atoms with Crippen molar-refractivity contribution in [1.82, 2.24) is 0 Å². The van der Waals surface area contributed by atoms with Crippen molar-refractivity contribution < 1.29 is 9.59 Å². The van der Waals surface area contributed by atoms with Gasteiger partial charge in [-0.15, -0.1) is 0 Å². The molecule has 4 aliphatic carbocycles. The topological polar surface area (TPSA) is 34.1 Å². The lowest BCUT2D eigenvalue weighted by Gasteiger charge is -2.37. The second-order valence-electron chi connectivity index (χ2n) is 13.6. The number of hydrogen-bond acceptors (Lipinski definition) is 2. The van der Waals surface area contributed by atoms with Crippen LogP contribution in [0, 0.1) is 33.0 Å². The van der Waals surface area contributed by atoms with Crippen molar-refractivity contribution in [3.05, 3.63) is 82.9 Å². The van der Waals surface area contributed by atoms with Crippen molar-refractivity contribution in [1.29, 1.82) is 0 Å². The van der Waals surface area contributed by atoms with E-state index in [4.69, 9.17) is 0 Å². The van der Waals surface area contributed by atoms with Gasteiger partial charge in [-0.2, -0.15) is 0 Å². The van der Waals surface area contributed by atoms with Gasteiger partial charge in [0.2, 0.25) is 0 Å². The zero-order valence-corrected chi connectivity index (χ0v) is 23.7. The molecule has 2 heteroatoms. The molecule has 0 aromatic heterocycles. The van der Waals surface area contributed by atoms with Gasteiger partial charge in [-0.3, -0.25) is 9.59 Å². The standard InChI is InChI=1S/C18H22O.C17H20O/c1-16(2)17(3)10-11-18(16,4)15(19)14(17)12-13-8-6-5-7-9-13;1-16(2)14-9-10-17(16,3)15(18)13(14)11-12-7-5-4-6-8-12/h5-9,12H,10-11H2,1-4H3;4-8,11,14H,9-10H2,1-3H3. The van der Waals surface area contributed by atoms with Crippen molar-refractivity contribution in [3.63, 3.8) is 0 Å². The van der Waals surface area contributed by atoms with Crippen LogP contribution in [-0.2, 0) is 9.59 Å². The number of benzene rings is 2. The highest BCUT2D eigenvalue weighted by Gasteiger charge is 2.70. The Morgan fingerprint density at radius 2 is 1.14 bits per heavy atom. The van der Waals surface area contributed by atoms with Gasteiger partial charge < -0.3 is 0 Å². The first-order chi connectivity index (χ1) is 17.3. The molecule has 2 aromatic carbocycles. The molecule has 37 heavy (non-hydrogen) atoms. The molecule has 194 valence electrons. The summed E-state index contributed by atoms with van der Waals surface area (Å²) in [6.07, 6.45) is 8.60. The molecule has 4 saturated carbocycles. The van der Waals surface area contributed by atoms with Crippen LogP contribution in [0.1, 0.15) is 85.3 Å². The Hall–Kier alpha value is -2.74. The molecule has 2 aromatic rings. The van der Waals surface area contributed by atoms with Crippen LogP contribution in [0.5, 0.6) is 0 Å². The number of hydrogen-bond donors (Lipinski definition) is 0. The molecular weight excluding hydrogens is 452 g/mol. The summed E-state index contributed by atoms with van der Waals surface area (Å²) < 4.78 is 0. The summed E-state index contributed by atoms with van der Waals surface area (Å²) in [4.78, 5) is 25.5. The molecule has 4 atom stereocenters. The average molecular weight is 495 g/mol. The summed E-state index contributed by atoms with van der Waals surface area (Å²) in [5.74, 6) is 1.19. The SMILES string of the molecule is CC12CCC(C(=Cc3ccccc3)C1=O)C2(C)C.CC12CCC(C)(C(=Cc3ccccc3)C1=O)C2(C)C. The molecule has 4 unspecified atom stereocenters. The van der Waals surface area contributed by atoms with E-state index in [-0.39, 0.29) is 27.1 Å². The second kappa shape index (κ2) is 8.38. The van der Waals surface area contributed by atoms with Gasteiger partial charge in [-0.25, -0.2) is 0 Å². The molecule has 0 spiro atoms. The molecule has 0 heterocycles. The molecule has 0 amide bonds. The van der Waals surface area contributed by atoms with Crippen molar-refractivity contribution in [2.24, 2.45) is 33.0 Å². The largest absolute Gasteiger partial charge is 0.294 e. The molecule has 0 saturated heterocycles. The second-order valence-corrected chi connectivity index (χ2v) is 13.6. The normalized spacial score (nSPS) is 36.8. The Morgan fingerprint density at radius 1 is 0.622 bits per heavy atom. The molecule has 0 radical (unpaired) electrons. The van der Waals surface area contributed by atoms with Crippen LogP contribution >= 0.6 is 0 Å². The molecule has 4 fully saturated rings. The third-order valence-corrected chi connectivity index (χ3v) is 11.8. The molecular formula is C35H42O2. The third-order valence-electron chi connectivity index (χ3n) is 11.8. The van der Waals surface area contributed by atoms with E-state index < -0.39 is 0 Å². The van der Waals surface area contributed by atoms with Gasteiger partial charge in [0.15, 0.2) is 11.6 Å². The predicted octanol–water partition coefficient (Wildman–Crippen LogP) is 8.58. The minimum Gasteiger partial charge on any atom is -0.294 e. The number of ketones is 2. The van der Waals surface area contributed by atoms with Gasteiger partial charge in [-0.05, 0) is 71.3 Å². The maximum absolute atomic E-state index is 12.8. The molecule has 4 bridgehead atoms. The first kappa shape index (κ1) is 25.9. The van der Waals surface area contributed by atoms with Crippen molar-refractivity contribution in [2.45, 2.75) is 74.1 Å². The van der Waals surface area contributed by atoms with Crippen LogP contribution in [0.15, 0.2) is 71.8 Å². The van der Waals surface area contributed by atoms with Crippen LogP contribution in [-0.4, -0.2) is 11.6 Å². The fraction of sp³-hybridized carbons (Fsp3) is 0.486. The minimum atomic E-state index is -0.178. The van der Waals surface area contributed by atoms with E-state index in [9.17, 15) is 9.59 Å². The fourth-order valence-electron chi connectivity index (χ4n) is 7.91. The van der Waals surface area contributed by atoms with Gasteiger partial charge in [0.1, 0.15) is 0 Å². The highest BCUT2D eigenvalue weighted by Crippen LogP contribution is 2.72. The van der Waals surface area contributed by atoms with E-state index in [0.29, 0.717) is 17.5 Å². The highest BCUT2D eigenvalue weighted by molar-refractivity contribution is 6.09. The number of rotatable bonds is 2. The number of Topliss-reactive ketones (excluding diaryl/α,β-unsaturated/α-hetero) is 2. The smallest absolute Gasteiger partial charge is 0.165 e. The highest BCUT2D eigenvalue weighted by atomic mass is 16.1. The maximum Gasteiger partial charge on any atom is 0.165 e. The van der Waals surface area contributed by atoms with Crippen LogP contribution in [0.2, 0.25) is 0 Å². The fourth-order valence-corrected chi connectivity index (χ4v) is 7.91. The molecule has 0 N–H and O–H groups in total. The average Bonchev–Trinajstić information content (AvgIpc) is 3.32. The summed E-state index contributed by atoms with van der Waals surface area (Å²) in [7, 11) is 0. The summed E-state index contributed by atoms with van der Waals surface area (Å²) in [5.41, 5.74) is 4.25. The molecule has 4 aliphatic rings. The lowest BCUT2D eigenvalue weighted by molar-refractivity contribution is -0.126. The van der Waals surface area contributed by atoms with E-state index in [1.165, 1.54) is 0 Å². The Bertz CT molecular complexity index is 1300. The molecule has 2 nitrogen and oxygen atoms in total. The number of carbonyl (C=O) groups excluding carboxylic acids is 2. The van der Waals surface area contributed by atoms with Crippen molar-refractivity contribution >= 4 is 23.7 Å². The van der Waals surface area contributed by atoms with E-state index in [2.05, 4.69) is 84.9 Å². The molecule has 6 rings (SSSR count). The minimum absolute atomic E-state index is 0.0225. The Balaban J connectivity index is 0.000000152. The summed E-state index contributed by atoms with van der Waals surface area (Å²) >= 11 is 0. The van der Waals surface area contributed by atoms with E-state index in [0.717, 1.165) is 48.0 Å². The summed E-state index contributed by atoms with van der Waals surface area (Å²) in [6.45, 7) is 15.6. The number of fused-ring (bicyclic) bond motifs is 4. The summed E-state index contributed by atoms with van der Waals surface area (Å²) in [5, 5.41) is 0. The lowest BCUT2D eigenvalue weighted by atomic mass is 9.65. The van der Waals surface area contributed by atoms with Crippen molar-refractivity contribution in [2.75, 3.05) is 0 Å². The monoisotopic (exact) mass is 494 g/mol. The van der Waals surface area contributed by atoms with Crippen molar-refractivity contribution in [3.8, 4) is 0 Å². The van der Waals surface area contributed by atoms with Gasteiger partial charge in [-0.1, -0.05) is 109 Å². The van der Waals surface area contributed by atoms with Crippen LogP contribution < -0.4 is 0 Å². The maximum atomic E-state index is 12.8. The third kappa shape index (κ3) is 3.44. The van der Waals surface area contributed by atoms with E-state index in [1.54, 1.807) is 0 Å². The first-order valence-electron chi connectivity index (χ1n) is 13.9. The predicted molar refractivity (Wildman–Crippen MR) is 153 cm³/mol. The Labute approximate surface area is 223 Å². The lowest BCUT2D eigenvalue weighted by Crippen LogP contribution is -2.34. The van der Waals surface area contributed by atoms with Crippen LogP contribution in [0.3, 0.4) is 0 Å². The van der Waals surface area contributed by atoms with Gasteiger partial charge >= 0.3 is 0 Å². The quantitative estimate of drug-likeness (QED) is 0.392. The Morgan fingerprint density at radius 3 is 1.59 bits per heavy atom. The van der Waals surface area contributed by atoms with Crippen LogP contribution in [0.4, 0.5) is 0 Å². The zero-order valence-electron chi connectivity index (χ0n) is 23.7. The van der Waals surface area contributed by atoms with E-state index >= 15 is 0 Å². The number of allylic oxidation sites excluding steroid dienone is 2.